The summed E-state index contributed by atoms with van der Waals surface area (Å²) in [4.78, 5) is 13.5. The number of halogens is 1. The van der Waals surface area contributed by atoms with Gasteiger partial charge in [0.25, 0.3) is 0 Å². The molecular formula is C15H27ClN4. The molecule has 0 saturated heterocycles. The highest BCUT2D eigenvalue weighted by Gasteiger charge is 2.13. The van der Waals surface area contributed by atoms with Gasteiger partial charge in [-0.05, 0) is 46.8 Å². The molecule has 0 aromatic carbocycles. The van der Waals surface area contributed by atoms with E-state index >= 15 is 0 Å². The second-order valence-corrected chi connectivity index (χ2v) is 5.33. The van der Waals surface area contributed by atoms with Crippen LogP contribution in [0.3, 0.4) is 0 Å². The lowest BCUT2D eigenvalue weighted by Crippen LogP contribution is -2.31. The molecule has 0 radical (unpaired) electrons. The third-order valence-electron chi connectivity index (χ3n) is 3.65. The fourth-order valence-corrected chi connectivity index (χ4v) is 2.53. The molecule has 1 aromatic heterocycles. The highest BCUT2D eigenvalue weighted by Crippen LogP contribution is 2.23. The standard InChI is InChI=1S/C15H27ClN4/c1-6-19(7-2)10-9-11-20(8-3)15-12(4)14(16)17-13(5)18-15/h6-11H2,1-5H3. The monoisotopic (exact) mass is 298 g/mol. The summed E-state index contributed by atoms with van der Waals surface area (Å²) in [5.41, 5.74) is 0.974. The predicted molar refractivity (Wildman–Crippen MR) is 86.8 cm³/mol. The minimum absolute atomic E-state index is 0.565. The maximum Gasteiger partial charge on any atom is 0.137 e. The first kappa shape index (κ1) is 17.2. The summed E-state index contributed by atoms with van der Waals surface area (Å²) in [5.74, 6) is 1.71. The van der Waals surface area contributed by atoms with Crippen LogP contribution >= 0.6 is 11.6 Å². The third kappa shape index (κ3) is 4.60. The van der Waals surface area contributed by atoms with Gasteiger partial charge < -0.3 is 9.80 Å². The lowest BCUT2D eigenvalue weighted by Gasteiger charge is -2.26. The Morgan fingerprint density at radius 2 is 1.60 bits per heavy atom. The first-order valence-corrected chi connectivity index (χ1v) is 7.89. The summed E-state index contributed by atoms with van der Waals surface area (Å²) in [6, 6.07) is 0. The zero-order valence-electron chi connectivity index (χ0n) is 13.4. The van der Waals surface area contributed by atoms with E-state index in [1.54, 1.807) is 0 Å². The van der Waals surface area contributed by atoms with Crippen LogP contribution in [0.5, 0.6) is 0 Å². The number of nitrogens with zero attached hydrogens (tertiary/aromatic N) is 4. The van der Waals surface area contributed by atoms with Gasteiger partial charge in [-0.2, -0.15) is 0 Å². The van der Waals surface area contributed by atoms with Crippen molar-refractivity contribution in [3.05, 3.63) is 16.5 Å². The molecule has 0 saturated carbocycles. The molecular weight excluding hydrogens is 272 g/mol. The summed E-state index contributed by atoms with van der Waals surface area (Å²) in [6.07, 6.45) is 1.13. The molecule has 0 aliphatic rings. The van der Waals surface area contributed by atoms with Crippen LogP contribution in [0.4, 0.5) is 5.82 Å². The van der Waals surface area contributed by atoms with Gasteiger partial charge in [-0.25, -0.2) is 9.97 Å². The highest BCUT2D eigenvalue weighted by molar-refractivity contribution is 6.30. The second kappa shape index (κ2) is 8.42. The van der Waals surface area contributed by atoms with Crippen molar-refractivity contribution in [3.8, 4) is 0 Å². The fraction of sp³-hybridized carbons (Fsp3) is 0.733. The maximum absolute atomic E-state index is 6.16. The van der Waals surface area contributed by atoms with Crippen LogP contribution < -0.4 is 4.90 Å². The van der Waals surface area contributed by atoms with Crippen molar-refractivity contribution < 1.29 is 0 Å². The average molecular weight is 299 g/mol. The van der Waals surface area contributed by atoms with E-state index in [0.29, 0.717) is 5.15 Å². The van der Waals surface area contributed by atoms with Crippen molar-refractivity contribution in [3.63, 3.8) is 0 Å². The Kier molecular flexibility index (Phi) is 7.24. The summed E-state index contributed by atoms with van der Waals surface area (Å²) in [6.45, 7) is 15.7. The summed E-state index contributed by atoms with van der Waals surface area (Å²) >= 11 is 6.16. The smallest absolute Gasteiger partial charge is 0.137 e. The van der Waals surface area contributed by atoms with Gasteiger partial charge in [-0.15, -0.1) is 0 Å². The van der Waals surface area contributed by atoms with Crippen LogP contribution in [-0.2, 0) is 0 Å². The van der Waals surface area contributed by atoms with Gasteiger partial charge in [0.05, 0.1) is 0 Å². The minimum Gasteiger partial charge on any atom is -0.356 e. The first-order chi connectivity index (χ1) is 9.53. The third-order valence-corrected chi connectivity index (χ3v) is 4.02. The van der Waals surface area contributed by atoms with Crippen LogP contribution in [-0.4, -0.2) is 47.6 Å². The molecule has 0 fully saturated rings. The molecule has 0 amide bonds. The topological polar surface area (TPSA) is 32.3 Å². The summed E-state index contributed by atoms with van der Waals surface area (Å²) < 4.78 is 0. The zero-order valence-corrected chi connectivity index (χ0v) is 14.2. The molecule has 0 atom stereocenters. The largest absolute Gasteiger partial charge is 0.356 e. The van der Waals surface area contributed by atoms with Crippen molar-refractivity contribution >= 4 is 17.4 Å². The zero-order chi connectivity index (χ0) is 15.1. The number of anilines is 1. The number of rotatable bonds is 8. The Balaban J connectivity index is 2.71. The van der Waals surface area contributed by atoms with E-state index in [9.17, 15) is 0 Å². The van der Waals surface area contributed by atoms with E-state index in [1.807, 2.05) is 13.8 Å². The van der Waals surface area contributed by atoms with E-state index in [-0.39, 0.29) is 0 Å². The predicted octanol–water partition coefficient (Wildman–Crippen LogP) is 3.31. The van der Waals surface area contributed by atoms with Crippen molar-refractivity contribution in [2.75, 3.05) is 37.6 Å². The Morgan fingerprint density at radius 3 is 2.15 bits per heavy atom. The fourth-order valence-electron chi connectivity index (χ4n) is 2.33. The van der Waals surface area contributed by atoms with Crippen LogP contribution in [0.1, 0.15) is 38.6 Å². The Hall–Kier alpha value is -0.870. The number of aromatic nitrogens is 2. The number of hydrogen-bond donors (Lipinski definition) is 0. The van der Waals surface area contributed by atoms with Gasteiger partial charge in [0.2, 0.25) is 0 Å². The van der Waals surface area contributed by atoms with Crippen LogP contribution in [0.15, 0.2) is 0 Å². The van der Waals surface area contributed by atoms with E-state index < -0.39 is 0 Å². The molecule has 1 rings (SSSR count). The summed E-state index contributed by atoms with van der Waals surface area (Å²) in [5, 5.41) is 0.565. The maximum atomic E-state index is 6.16. The normalized spacial score (nSPS) is 11.2. The molecule has 0 aliphatic carbocycles. The minimum atomic E-state index is 0.565. The molecule has 20 heavy (non-hydrogen) atoms. The van der Waals surface area contributed by atoms with Crippen molar-refractivity contribution in [1.82, 2.24) is 14.9 Å². The van der Waals surface area contributed by atoms with Crippen LogP contribution in [0.2, 0.25) is 5.15 Å². The quantitative estimate of drug-likeness (QED) is 0.689. The average Bonchev–Trinajstić information content (AvgIpc) is 2.43. The van der Waals surface area contributed by atoms with E-state index in [1.165, 1.54) is 0 Å². The molecule has 0 unspecified atom stereocenters. The van der Waals surface area contributed by atoms with Gasteiger partial charge in [-0.1, -0.05) is 25.4 Å². The molecule has 0 spiro atoms. The van der Waals surface area contributed by atoms with Crippen LogP contribution in [0.25, 0.3) is 0 Å². The van der Waals surface area contributed by atoms with E-state index in [0.717, 1.165) is 56.4 Å². The van der Waals surface area contributed by atoms with Crippen molar-refractivity contribution in [1.29, 1.82) is 0 Å². The van der Waals surface area contributed by atoms with Crippen molar-refractivity contribution in [2.24, 2.45) is 0 Å². The molecule has 4 nitrogen and oxygen atoms in total. The molecule has 0 N–H and O–H groups in total. The second-order valence-electron chi connectivity index (χ2n) is 4.97. The SMILES string of the molecule is CCN(CC)CCCN(CC)c1nc(C)nc(Cl)c1C. The highest BCUT2D eigenvalue weighted by atomic mass is 35.5. The molecule has 114 valence electrons. The molecule has 1 heterocycles. The molecule has 0 bridgehead atoms. The first-order valence-electron chi connectivity index (χ1n) is 7.51. The van der Waals surface area contributed by atoms with Gasteiger partial charge in [-0.3, -0.25) is 0 Å². The van der Waals surface area contributed by atoms with Crippen molar-refractivity contribution in [2.45, 2.75) is 41.0 Å². The van der Waals surface area contributed by atoms with Gasteiger partial charge in [0, 0.05) is 18.7 Å². The number of hydrogen-bond acceptors (Lipinski definition) is 4. The summed E-state index contributed by atoms with van der Waals surface area (Å²) in [7, 11) is 0. The molecule has 5 heteroatoms. The van der Waals surface area contributed by atoms with E-state index in [4.69, 9.17) is 11.6 Å². The lowest BCUT2D eigenvalue weighted by atomic mass is 10.2. The van der Waals surface area contributed by atoms with E-state index in [2.05, 4.69) is 40.5 Å². The Bertz CT molecular complexity index is 419. The molecule has 1 aromatic rings. The molecule has 0 aliphatic heterocycles. The Labute approximate surface area is 128 Å². The lowest BCUT2D eigenvalue weighted by molar-refractivity contribution is 0.300. The number of aryl methyl sites for hydroxylation is 1. The van der Waals surface area contributed by atoms with Gasteiger partial charge >= 0.3 is 0 Å². The van der Waals surface area contributed by atoms with Gasteiger partial charge in [0.1, 0.15) is 16.8 Å². The van der Waals surface area contributed by atoms with Gasteiger partial charge in [0.15, 0.2) is 0 Å². The Morgan fingerprint density at radius 1 is 0.950 bits per heavy atom. The van der Waals surface area contributed by atoms with Crippen LogP contribution in [0, 0.1) is 13.8 Å².